The minimum absolute atomic E-state index is 0.0322. The van der Waals surface area contributed by atoms with Gasteiger partial charge in [0.2, 0.25) is 11.8 Å². The molecule has 9 aromatic rings. The Morgan fingerprint density at radius 2 is 1.34 bits per heavy atom. The van der Waals surface area contributed by atoms with Crippen molar-refractivity contribution >= 4 is 116 Å². The number of thiazole rings is 6. The zero-order valence-corrected chi connectivity index (χ0v) is 50.7. The molecule has 0 unspecified atom stereocenters. The van der Waals surface area contributed by atoms with Crippen LogP contribution < -0.4 is 32.7 Å². The molecule has 7 amide bonds. The van der Waals surface area contributed by atoms with Gasteiger partial charge in [-0.1, -0.05) is 49.4 Å². The third-order valence-electron chi connectivity index (χ3n) is 14.1. The van der Waals surface area contributed by atoms with Gasteiger partial charge in [0.25, 0.3) is 23.6 Å². The minimum Gasteiger partial charge on any atom is -0.508 e. The van der Waals surface area contributed by atoms with Gasteiger partial charge in [-0.05, 0) is 42.3 Å². The first kappa shape index (κ1) is 60.4. The van der Waals surface area contributed by atoms with E-state index in [0.717, 1.165) is 45.3 Å². The SMILES string of the molecule is Cc1sc2nc1C(=O)N[C@@H]([C@H](O)c1ccccc1)c1nc(cs1)C(=O)N[C@@H](Cc1ccc(O)cc1)C(=O)N1C[C@H](OC(=O)NCC(=O)O)[C@H](C)[C@@H]1c1nc(cs1)-c1nc(cs1)-c1nc(-c3nc(C(N)=O)cs3)ccc1-c1nc(cs1)C(=O)N[C@H]2CC(N)=O. The summed E-state index contributed by atoms with van der Waals surface area (Å²) in [7, 11) is 0. The number of fused-ring (bicyclic) bond motifs is 16. The molecule has 11 rings (SSSR count). The highest BCUT2D eigenvalue weighted by atomic mass is 32.1. The first-order valence-electron chi connectivity index (χ1n) is 26.5. The number of rotatable bonds is 11. The average Bonchev–Trinajstić information content (AvgIpc) is 2.19. The number of nitrogens with two attached hydrogens (primary N) is 2. The molecule has 0 spiro atoms. The number of nitrogens with one attached hydrogen (secondary N) is 4. The fourth-order valence-corrected chi connectivity index (χ4v) is 15.1. The van der Waals surface area contributed by atoms with Gasteiger partial charge in [0.05, 0.1) is 30.7 Å². The molecule has 0 saturated carbocycles. The lowest BCUT2D eigenvalue weighted by Gasteiger charge is -2.29. The lowest BCUT2D eigenvalue weighted by Crippen LogP contribution is -2.50. The summed E-state index contributed by atoms with van der Waals surface area (Å²) in [6.45, 7) is 2.36. The number of amides is 7. The van der Waals surface area contributed by atoms with Gasteiger partial charge in [-0.3, -0.25) is 33.6 Å². The highest BCUT2D eigenvalue weighted by molar-refractivity contribution is 7.15. The number of nitrogens with zero attached hydrogens (tertiary/aromatic N) is 8. The number of phenols is 1. The highest BCUT2D eigenvalue weighted by Crippen LogP contribution is 2.44. The van der Waals surface area contributed by atoms with Crippen LogP contribution in [0.15, 0.2) is 93.6 Å². The number of benzene rings is 2. The van der Waals surface area contributed by atoms with Crippen molar-refractivity contribution in [3.8, 4) is 49.1 Å². The second kappa shape index (κ2) is 25.6. The molecular weight excluding hydrogens is 1250 g/mol. The molecule has 26 nitrogen and oxygen atoms in total. The van der Waals surface area contributed by atoms with E-state index in [0.29, 0.717) is 64.4 Å². The van der Waals surface area contributed by atoms with E-state index in [-0.39, 0.29) is 51.5 Å². The van der Waals surface area contributed by atoms with Crippen LogP contribution in [0.1, 0.15) is 111 Å². The maximum atomic E-state index is 15.5. The number of aromatic nitrogens is 7. The number of aromatic hydroxyl groups is 1. The number of pyridine rings is 1. The van der Waals surface area contributed by atoms with Crippen LogP contribution in [0.5, 0.6) is 5.75 Å². The van der Waals surface area contributed by atoms with E-state index >= 15 is 4.79 Å². The smallest absolute Gasteiger partial charge is 0.407 e. The maximum Gasteiger partial charge on any atom is 0.407 e. The Kier molecular flexibility index (Phi) is 17.5. The summed E-state index contributed by atoms with van der Waals surface area (Å²) in [4.78, 5) is 143. The van der Waals surface area contributed by atoms with Crippen LogP contribution in [0, 0.1) is 12.8 Å². The third kappa shape index (κ3) is 13.0. The lowest BCUT2D eigenvalue weighted by molar-refractivity contribution is -0.136. The van der Waals surface area contributed by atoms with Crippen LogP contribution >= 0.6 is 68.0 Å². The van der Waals surface area contributed by atoms with Crippen molar-refractivity contribution in [2.75, 3.05) is 13.1 Å². The highest BCUT2D eigenvalue weighted by Gasteiger charge is 2.48. The number of carbonyl (C=O) groups excluding carboxylic acids is 7. The van der Waals surface area contributed by atoms with Crippen LogP contribution in [0.25, 0.3) is 43.4 Å². The Hall–Kier alpha value is -9.31. The van der Waals surface area contributed by atoms with Gasteiger partial charge in [-0.25, -0.2) is 39.7 Å². The quantitative estimate of drug-likeness (QED) is 0.0695. The number of aliphatic carboxylic acids is 1. The van der Waals surface area contributed by atoms with E-state index in [2.05, 4.69) is 36.2 Å². The predicted octanol–water partition coefficient (Wildman–Crippen LogP) is 6.21. The van der Waals surface area contributed by atoms with Crippen LogP contribution in [0.2, 0.25) is 0 Å². The molecule has 2 aliphatic rings. The van der Waals surface area contributed by atoms with Crippen molar-refractivity contribution in [2.45, 2.75) is 63.1 Å². The summed E-state index contributed by atoms with van der Waals surface area (Å²) in [5.74, 6) is -6.56. The molecule has 7 aromatic heterocycles. The molecule has 0 radical (unpaired) electrons. The van der Waals surface area contributed by atoms with E-state index in [4.69, 9.17) is 36.1 Å². The third-order valence-corrected chi connectivity index (χ3v) is 19.6. The fraction of sp³-hybridized carbons (Fsp3) is 0.232. The predicted molar refractivity (Wildman–Crippen MR) is 324 cm³/mol. The average molecular weight is 1300 g/mol. The molecule has 1 saturated heterocycles. The Balaban J connectivity index is 1.03. The van der Waals surface area contributed by atoms with E-state index in [1.165, 1.54) is 55.8 Å². The molecule has 88 heavy (non-hydrogen) atoms. The first-order valence-corrected chi connectivity index (χ1v) is 31.7. The molecule has 1 fully saturated rings. The number of aliphatic hydroxyl groups is 1. The van der Waals surface area contributed by atoms with Gasteiger partial charge in [0.15, 0.2) is 0 Å². The number of alkyl carbamates (subject to hydrolysis) is 1. The largest absolute Gasteiger partial charge is 0.508 e. The van der Waals surface area contributed by atoms with E-state index in [1.54, 1.807) is 79.2 Å². The van der Waals surface area contributed by atoms with Gasteiger partial charge in [-0.15, -0.1) is 68.0 Å². The van der Waals surface area contributed by atoms with Gasteiger partial charge in [-0.2, -0.15) is 0 Å². The number of aliphatic hydroxyl groups excluding tert-OH is 1. The Morgan fingerprint density at radius 1 is 0.693 bits per heavy atom. The van der Waals surface area contributed by atoms with Gasteiger partial charge in [0, 0.05) is 49.7 Å². The molecule has 10 bridgehead atoms. The summed E-state index contributed by atoms with van der Waals surface area (Å²) in [6.07, 6.45) is -4.10. The number of phenolic OH excluding ortho intramolecular Hbond substituents is 1. The van der Waals surface area contributed by atoms with Crippen molar-refractivity contribution in [3.05, 3.63) is 147 Å². The molecule has 2 aliphatic heterocycles. The van der Waals surface area contributed by atoms with Crippen LogP contribution in [-0.4, -0.2) is 128 Å². The maximum absolute atomic E-state index is 15.5. The normalized spacial score (nSPS) is 19.1. The molecule has 9 heterocycles. The van der Waals surface area contributed by atoms with Crippen LogP contribution in [0.4, 0.5) is 4.79 Å². The number of carboxylic acids is 1. The molecule has 7 atom stereocenters. The van der Waals surface area contributed by atoms with Crippen molar-refractivity contribution in [2.24, 2.45) is 17.4 Å². The summed E-state index contributed by atoms with van der Waals surface area (Å²) < 4.78 is 5.79. The molecule has 0 aliphatic carbocycles. The Morgan fingerprint density at radius 3 is 2.07 bits per heavy atom. The summed E-state index contributed by atoms with van der Waals surface area (Å²) in [5.41, 5.74) is 13.7. The van der Waals surface area contributed by atoms with Crippen molar-refractivity contribution < 1.29 is 58.4 Å². The number of hydrogen-bond acceptors (Lipinski definition) is 24. The Labute approximate surface area is 521 Å². The number of hydrogen-bond donors (Lipinski definition) is 9. The monoisotopic (exact) mass is 1300 g/mol. The van der Waals surface area contributed by atoms with E-state index in [9.17, 15) is 48.9 Å². The minimum atomic E-state index is -1.46. The van der Waals surface area contributed by atoms with Crippen LogP contribution in [0.3, 0.4) is 0 Å². The first-order chi connectivity index (χ1) is 42.2. The number of primary amides is 2. The van der Waals surface area contributed by atoms with Crippen molar-refractivity contribution in [1.29, 1.82) is 0 Å². The van der Waals surface area contributed by atoms with Gasteiger partial charge >= 0.3 is 12.1 Å². The number of carbonyl (C=O) groups is 8. The molecule has 32 heteroatoms. The van der Waals surface area contributed by atoms with E-state index in [1.807, 2.05) is 0 Å². The molecular formula is C56H48N14O12S6. The van der Waals surface area contributed by atoms with Gasteiger partial charge < -0.3 is 57.7 Å². The Bertz CT molecular complexity index is 4180. The van der Waals surface area contributed by atoms with Gasteiger partial charge in [0.1, 0.15) is 106 Å². The van der Waals surface area contributed by atoms with Crippen LogP contribution in [-0.2, 0) is 25.5 Å². The molecule has 11 N–H and O–H groups in total. The number of ether oxygens (including phenoxy) is 1. The fourth-order valence-electron chi connectivity index (χ4n) is 9.76. The second-order valence-electron chi connectivity index (χ2n) is 20.1. The molecule has 450 valence electrons. The molecule has 2 aromatic carbocycles. The summed E-state index contributed by atoms with van der Waals surface area (Å²) >= 11 is 6.61. The van der Waals surface area contributed by atoms with E-state index < -0.39 is 103 Å². The summed E-state index contributed by atoms with van der Waals surface area (Å²) in [5, 5.41) is 51.8. The number of carboxylic acid groups (broad SMARTS) is 1. The second-order valence-corrected chi connectivity index (χ2v) is 25.6. The summed E-state index contributed by atoms with van der Waals surface area (Å²) in [6, 6.07) is 13.0. The zero-order valence-electron chi connectivity index (χ0n) is 45.8. The lowest BCUT2D eigenvalue weighted by atomic mass is 10.00. The standard InChI is InChI=1S/C56H48N14O12S6/c1-23-37(82-56(81)59-16-39(73)74)17-70-43(23)54-67-36(22-87-54)51-63-32(18-84-51)41-28(12-13-29(60-41)50-64-33(19-85-50)45(58)76)49-65-34(20-83-49)46(77)61-30(15-38(57)72)52-69-40(24(2)88-52)48(79)68-42(44(75)26-6-4-3-5-7-26)53-66-35(21-86-53)47(78)62-31(55(70)80)14-25-8-10-27(71)11-9-25/h3-13,18-23,30-31,37,42-44,71,75H,14-17H2,1-2H3,(H2,57,72)(H2,58,76)(H,59,81)(H,61,77)(H,62,78)(H,68,79)(H,73,74)/t23-,30-,31-,37-,42-,43+,44+/m0/s1. The topological polar surface area (TPSA) is 400 Å². The van der Waals surface area contributed by atoms with Crippen molar-refractivity contribution in [3.63, 3.8) is 0 Å². The zero-order chi connectivity index (χ0) is 62.1. The van der Waals surface area contributed by atoms with Crippen molar-refractivity contribution in [1.82, 2.24) is 61.1 Å². The number of aryl methyl sites for hydroxylation is 1.